The number of halogens is 6. The largest absolute Gasteiger partial charge is 0.435 e. The minimum Gasteiger partial charge on any atom is -0.383 e. The molecule has 1 aliphatic rings. The smallest absolute Gasteiger partial charge is 0.383 e. The van der Waals surface area contributed by atoms with E-state index in [2.05, 4.69) is 15.1 Å². The second kappa shape index (κ2) is 6.44. The molecule has 26 heavy (non-hydrogen) atoms. The molecule has 2 aromatic rings. The Labute approximate surface area is 144 Å². The quantitative estimate of drug-likeness (QED) is 0.798. The Bertz CT molecular complexity index is 767. The van der Waals surface area contributed by atoms with Gasteiger partial charge in [0.1, 0.15) is 5.82 Å². The van der Waals surface area contributed by atoms with Crippen molar-refractivity contribution in [3.63, 3.8) is 0 Å². The van der Waals surface area contributed by atoms with E-state index >= 15 is 0 Å². The van der Waals surface area contributed by atoms with Gasteiger partial charge < -0.3 is 5.73 Å². The van der Waals surface area contributed by atoms with Crippen LogP contribution in [0, 0.1) is 5.92 Å². The van der Waals surface area contributed by atoms with Crippen molar-refractivity contribution < 1.29 is 26.3 Å². The van der Waals surface area contributed by atoms with Gasteiger partial charge in [-0.1, -0.05) is 6.42 Å². The highest BCUT2D eigenvalue weighted by atomic mass is 19.4. The Hall–Kier alpha value is -2.33. The van der Waals surface area contributed by atoms with E-state index in [9.17, 15) is 26.3 Å². The summed E-state index contributed by atoms with van der Waals surface area (Å²) >= 11 is 0. The predicted octanol–water partition coefficient (Wildman–Crippen LogP) is 4.10. The molecule has 0 radical (unpaired) electrons. The van der Waals surface area contributed by atoms with Crippen LogP contribution in [-0.2, 0) is 6.18 Å². The van der Waals surface area contributed by atoms with Crippen LogP contribution in [0.2, 0.25) is 0 Å². The zero-order chi connectivity index (χ0) is 19.1. The number of rotatable bonds is 2. The van der Waals surface area contributed by atoms with Gasteiger partial charge in [0.05, 0.1) is 5.92 Å². The maximum Gasteiger partial charge on any atom is 0.435 e. The first-order chi connectivity index (χ1) is 12.1. The fraction of sp³-hybridized carbons (Fsp3) is 0.533. The van der Waals surface area contributed by atoms with Gasteiger partial charge in [-0.15, -0.1) is 0 Å². The first-order valence-corrected chi connectivity index (χ1v) is 7.88. The highest BCUT2D eigenvalue weighted by molar-refractivity contribution is 5.50. The van der Waals surface area contributed by atoms with E-state index in [1.165, 1.54) is 18.5 Å². The molecule has 0 saturated heterocycles. The van der Waals surface area contributed by atoms with Crippen molar-refractivity contribution in [3.8, 4) is 5.95 Å². The van der Waals surface area contributed by atoms with Gasteiger partial charge in [0.2, 0.25) is 0 Å². The Morgan fingerprint density at radius 2 is 1.69 bits per heavy atom. The maximum absolute atomic E-state index is 13.4. The third-order valence-corrected chi connectivity index (χ3v) is 4.51. The number of nitrogens with two attached hydrogens (primary N) is 1. The number of alkyl halides is 6. The second-order valence-corrected chi connectivity index (χ2v) is 6.21. The highest BCUT2D eigenvalue weighted by Gasteiger charge is 2.46. The first kappa shape index (κ1) is 18.5. The molecule has 0 aromatic carbocycles. The van der Waals surface area contributed by atoms with Crippen LogP contribution in [-0.4, -0.2) is 25.9 Å². The van der Waals surface area contributed by atoms with Crippen LogP contribution >= 0.6 is 0 Å². The van der Waals surface area contributed by atoms with E-state index in [4.69, 9.17) is 5.73 Å². The summed E-state index contributed by atoms with van der Waals surface area (Å²) in [7, 11) is 0. The highest BCUT2D eigenvalue weighted by Crippen LogP contribution is 2.48. The van der Waals surface area contributed by atoms with Crippen LogP contribution in [0.3, 0.4) is 0 Å². The number of nitrogens with zero attached hydrogens (tertiary/aromatic N) is 4. The topological polar surface area (TPSA) is 69.6 Å². The number of anilines is 1. The molecule has 0 amide bonds. The van der Waals surface area contributed by atoms with Gasteiger partial charge >= 0.3 is 12.4 Å². The Balaban J connectivity index is 2.07. The lowest BCUT2D eigenvalue weighted by atomic mass is 9.77. The van der Waals surface area contributed by atoms with E-state index < -0.39 is 41.9 Å². The minimum atomic E-state index is -4.85. The Morgan fingerprint density at radius 3 is 2.27 bits per heavy atom. The molecule has 1 saturated carbocycles. The van der Waals surface area contributed by atoms with Crippen LogP contribution in [0.5, 0.6) is 0 Å². The summed E-state index contributed by atoms with van der Waals surface area (Å²) in [5, 5.41) is 3.47. The number of hydrogen-bond acceptors (Lipinski definition) is 4. The van der Waals surface area contributed by atoms with E-state index in [1.807, 2.05) is 0 Å². The minimum absolute atomic E-state index is 0.100. The molecule has 0 spiro atoms. The fourth-order valence-electron chi connectivity index (χ4n) is 3.36. The molecule has 142 valence electrons. The maximum atomic E-state index is 13.4. The van der Waals surface area contributed by atoms with Crippen molar-refractivity contribution in [1.29, 1.82) is 0 Å². The predicted molar refractivity (Wildman–Crippen MR) is 79.3 cm³/mol. The zero-order valence-corrected chi connectivity index (χ0v) is 13.3. The summed E-state index contributed by atoms with van der Waals surface area (Å²) in [5.41, 5.74) is 4.17. The van der Waals surface area contributed by atoms with E-state index in [0.717, 1.165) is 4.68 Å². The number of hydrogen-bond donors (Lipinski definition) is 1. The lowest BCUT2D eigenvalue weighted by molar-refractivity contribution is -0.183. The summed E-state index contributed by atoms with van der Waals surface area (Å²) in [5.74, 6) is -3.19. The van der Waals surface area contributed by atoms with Crippen LogP contribution in [0.15, 0.2) is 18.5 Å². The molecule has 2 atom stereocenters. The van der Waals surface area contributed by atoms with E-state index in [0.29, 0.717) is 0 Å². The van der Waals surface area contributed by atoms with E-state index in [-0.39, 0.29) is 31.0 Å². The molecular weight excluding hydrogens is 364 g/mol. The zero-order valence-electron chi connectivity index (χ0n) is 13.3. The fourth-order valence-corrected chi connectivity index (χ4v) is 3.36. The average Bonchev–Trinajstić information content (AvgIpc) is 2.93. The summed E-state index contributed by atoms with van der Waals surface area (Å²) in [6.07, 6.45) is -6.90. The van der Waals surface area contributed by atoms with Gasteiger partial charge in [-0.25, -0.2) is 9.97 Å². The molecule has 2 aromatic heterocycles. The Morgan fingerprint density at radius 1 is 1.04 bits per heavy atom. The molecule has 0 bridgehead atoms. The van der Waals surface area contributed by atoms with Crippen molar-refractivity contribution in [1.82, 2.24) is 19.7 Å². The Kier molecular flexibility index (Phi) is 4.57. The lowest BCUT2D eigenvalue weighted by Gasteiger charge is -2.31. The summed E-state index contributed by atoms with van der Waals surface area (Å²) < 4.78 is 80.2. The van der Waals surface area contributed by atoms with E-state index in [1.54, 1.807) is 0 Å². The monoisotopic (exact) mass is 379 g/mol. The lowest BCUT2D eigenvalue weighted by Crippen LogP contribution is -2.29. The van der Waals surface area contributed by atoms with Gasteiger partial charge in [-0.05, 0) is 31.2 Å². The molecule has 2 unspecified atom stereocenters. The molecule has 11 heteroatoms. The average molecular weight is 379 g/mol. The molecule has 1 fully saturated rings. The molecular formula is C15H15F6N5. The first-order valence-electron chi connectivity index (χ1n) is 7.88. The van der Waals surface area contributed by atoms with Crippen molar-refractivity contribution in [2.75, 3.05) is 5.73 Å². The standard InChI is InChI=1S/C15H15F6N5/c16-14(17,18)9-4-1-3-8(7-9)10-11(15(19,20)21)25-26(12(10)22)13-23-5-2-6-24-13/h2,5-6,8-9H,1,3-4,7,22H2. The van der Waals surface area contributed by atoms with Crippen molar-refractivity contribution in [3.05, 3.63) is 29.7 Å². The van der Waals surface area contributed by atoms with Crippen molar-refractivity contribution in [2.45, 2.75) is 44.0 Å². The molecule has 2 heterocycles. The number of aromatic nitrogens is 4. The third-order valence-electron chi connectivity index (χ3n) is 4.51. The molecule has 3 rings (SSSR count). The normalized spacial score (nSPS) is 21.8. The van der Waals surface area contributed by atoms with Crippen LogP contribution < -0.4 is 5.73 Å². The SMILES string of the molecule is Nc1c(C2CCCC(C(F)(F)F)C2)c(C(F)(F)F)nn1-c1ncccn1. The van der Waals surface area contributed by atoms with Gasteiger partial charge in [0, 0.05) is 18.0 Å². The molecule has 1 aliphatic carbocycles. The molecule has 2 N–H and O–H groups in total. The van der Waals surface area contributed by atoms with Crippen molar-refractivity contribution in [2.24, 2.45) is 5.92 Å². The summed E-state index contributed by atoms with van der Waals surface area (Å²) in [6, 6.07) is 1.46. The third kappa shape index (κ3) is 3.47. The van der Waals surface area contributed by atoms with Crippen LogP contribution in [0.25, 0.3) is 5.95 Å². The van der Waals surface area contributed by atoms with Gasteiger partial charge in [-0.3, -0.25) is 0 Å². The second-order valence-electron chi connectivity index (χ2n) is 6.21. The molecule has 0 aliphatic heterocycles. The van der Waals surface area contributed by atoms with Crippen LogP contribution in [0.1, 0.15) is 42.9 Å². The number of nitrogen functional groups attached to an aromatic ring is 1. The van der Waals surface area contributed by atoms with Gasteiger partial charge in [0.15, 0.2) is 5.69 Å². The molecule has 5 nitrogen and oxygen atoms in total. The summed E-state index contributed by atoms with van der Waals surface area (Å²) in [6.45, 7) is 0. The van der Waals surface area contributed by atoms with Gasteiger partial charge in [0.25, 0.3) is 5.95 Å². The summed E-state index contributed by atoms with van der Waals surface area (Å²) in [4.78, 5) is 7.62. The van der Waals surface area contributed by atoms with Crippen molar-refractivity contribution >= 4 is 5.82 Å². The van der Waals surface area contributed by atoms with Gasteiger partial charge in [-0.2, -0.15) is 36.1 Å². The van der Waals surface area contributed by atoms with Crippen LogP contribution in [0.4, 0.5) is 32.2 Å².